The van der Waals surface area contributed by atoms with Crippen molar-refractivity contribution in [1.82, 2.24) is 0 Å². The topological polar surface area (TPSA) is 17.1 Å². The van der Waals surface area contributed by atoms with E-state index in [1.165, 1.54) is 5.56 Å². The Balaban J connectivity index is 2.21. The molecule has 2 heteroatoms. The van der Waals surface area contributed by atoms with E-state index in [0.29, 0.717) is 5.12 Å². The van der Waals surface area contributed by atoms with Crippen LogP contribution in [0.1, 0.15) is 36.7 Å². The van der Waals surface area contributed by atoms with Crippen LogP contribution in [0, 0.1) is 5.41 Å². The SMILES string of the molecule is CC(C)(C)C[S+]1Cc2ccccc2C1=O. The molecule has 0 fully saturated rings. The first kappa shape index (κ1) is 10.7. The molecule has 1 atom stereocenters. The molecule has 0 saturated heterocycles. The summed E-state index contributed by atoms with van der Waals surface area (Å²) in [6.07, 6.45) is 0. The smallest absolute Gasteiger partial charge is 0.232 e. The summed E-state index contributed by atoms with van der Waals surface area (Å²) in [5.41, 5.74) is 2.46. The Bertz CT molecular complexity index is 390. The Labute approximate surface area is 94.2 Å². The van der Waals surface area contributed by atoms with Gasteiger partial charge in [-0.3, -0.25) is 0 Å². The van der Waals surface area contributed by atoms with Gasteiger partial charge in [-0.25, -0.2) is 4.79 Å². The van der Waals surface area contributed by atoms with Crippen LogP contribution in [0.2, 0.25) is 0 Å². The molecule has 0 N–H and O–H groups in total. The Kier molecular flexibility index (Phi) is 2.63. The van der Waals surface area contributed by atoms with E-state index in [1.54, 1.807) is 0 Å². The van der Waals surface area contributed by atoms with E-state index in [1.807, 2.05) is 18.2 Å². The van der Waals surface area contributed by atoms with Crippen LogP contribution >= 0.6 is 0 Å². The number of carbonyl (C=O) groups is 1. The molecule has 0 amide bonds. The second-order valence-corrected chi connectivity index (χ2v) is 7.22. The largest absolute Gasteiger partial charge is 0.362 e. The molecule has 0 aromatic heterocycles. The third kappa shape index (κ3) is 2.25. The van der Waals surface area contributed by atoms with Gasteiger partial charge in [-0.1, -0.05) is 39.0 Å². The predicted molar refractivity (Wildman–Crippen MR) is 66.2 cm³/mol. The van der Waals surface area contributed by atoms with Crippen molar-refractivity contribution >= 4 is 16.0 Å². The molecule has 0 bridgehead atoms. The van der Waals surface area contributed by atoms with Crippen molar-refractivity contribution in [3.8, 4) is 0 Å². The van der Waals surface area contributed by atoms with Crippen molar-refractivity contribution < 1.29 is 4.79 Å². The highest BCUT2D eigenvalue weighted by Gasteiger charge is 2.42. The minimum atomic E-state index is -0.0769. The molecule has 0 spiro atoms. The van der Waals surface area contributed by atoms with Gasteiger partial charge in [0.2, 0.25) is 0 Å². The molecule has 0 saturated carbocycles. The van der Waals surface area contributed by atoms with Crippen LogP contribution < -0.4 is 0 Å². The highest BCUT2D eigenvalue weighted by Crippen LogP contribution is 2.30. The summed E-state index contributed by atoms with van der Waals surface area (Å²) in [7, 11) is -0.0769. The molecule has 2 rings (SSSR count). The van der Waals surface area contributed by atoms with Gasteiger partial charge < -0.3 is 0 Å². The van der Waals surface area contributed by atoms with Gasteiger partial charge in [0, 0.05) is 11.0 Å². The van der Waals surface area contributed by atoms with Gasteiger partial charge in [0.1, 0.15) is 11.5 Å². The second kappa shape index (κ2) is 3.67. The molecule has 15 heavy (non-hydrogen) atoms. The first-order valence-electron chi connectivity index (χ1n) is 5.27. The van der Waals surface area contributed by atoms with Crippen LogP contribution in [0.3, 0.4) is 0 Å². The van der Waals surface area contributed by atoms with Gasteiger partial charge in [0.05, 0.1) is 16.5 Å². The molecular weight excluding hydrogens is 204 g/mol. The molecule has 1 aromatic carbocycles. The van der Waals surface area contributed by atoms with Gasteiger partial charge in [0.15, 0.2) is 0 Å². The monoisotopic (exact) mass is 221 g/mol. The third-order valence-electron chi connectivity index (χ3n) is 2.44. The Morgan fingerprint density at radius 1 is 1.27 bits per heavy atom. The standard InChI is InChI=1S/C13H17OS/c1-13(2,3)9-15-8-10-6-4-5-7-11(10)12(15)14/h4-7H,8-9H2,1-3H3/q+1. The minimum absolute atomic E-state index is 0.0769. The van der Waals surface area contributed by atoms with Crippen LogP contribution in [0.4, 0.5) is 0 Å². The summed E-state index contributed by atoms with van der Waals surface area (Å²) < 4.78 is 0. The predicted octanol–water partition coefficient (Wildman–Crippen LogP) is 3.00. The van der Waals surface area contributed by atoms with E-state index in [0.717, 1.165) is 17.1 Å². The quantitative estimate of drug-likeness (QED) is 0.666. The lowest BCUT2D eigenvalue weighted by molar-refractivity contribution is 0.108. The number of hydrogen-bond acceptors (Lipinski definition) is 1. The van der Waals surface area contributed by atoms with Crippen LogP contribution in [0.5, 0.6) is 0 Å². The maximum absolute atomic E-state index is 12.1. The molecule has 0 aliphatic carbocycles. The zero-order valence-corrected chi connectivity index (χ0v) is 10.4. The Morgan fingerprint density at radius 3 is 2.53 bits per heavy atom. The fourth-order valence-corrected chi connectivity index (χ4v) is 4.44. The highest BCUT2D eigenvalue weighted by molar-refractivity contribution is 8.11. The molecule has 1 aliphatic heterocycles. The number of fused-ring (bicyclic) bond motifs is 1. The van der Waals surface area contributed by atoms with Crippen molar-refractivity contribution in [1.29, 1.82) is 0 Å². The van der Waals surface area contributed by atoms with E-state index in [4.69, 9.17) is 0 Å². The average Bonchev–Trinajstić information content (AvgIpc) is 2.42. The normalized spacial score (nSPS) is 20.5. The van der Waals surface area contributed by atoms with Crippen molar-refractivity contribution in [2.75, 3.05) is 5.75 Å². The van der Waals surface area contributed by atoms with E-state index >= 15 is 0 Å². The molecular formula is C13H17OS+. The molecule has 1 unspecified atom stereocenters. The summed E-state index contributed by atoms with van der Waals surface area (Å²) in [5.74, 6) is 1.98. The fraction of sp³-hybridized carbons (Fsp3) is 0.462. The van der Waals surface area contributed by atoms with Gasteiger partial charge in [-0.05, 0) is 6.07 Å². The maximum Gasteiger partial charge on any atom is 0.362 e. The first-order chi connectivity index (χ1) is 6.97. The van der Waals surface area contributed by atoms with Gasteiger partial charge in [-0.2, -0.15) is 0 Å². The van der Waals surface area contributed by atoms with Gasteiger partial charge in [0.25, 0.3) is 0 Å². The molecule has 1 heterocycles. The Hall–Kier alpha value is -0.760. The zero-order chi connectivity index (χ0) is 11.1. The summed E-state index contributed by atoms with van der Waals surface area (Å²) >= 11 is 0. The van der Waals surface area contributed by atoms with Gasteiger partial charge in [-0.15, -0.1) is 0 Å². The van der Waals surface area contributed by atoms with E-state index in [2.05, 4.69) is 26.8 Å². The maximum atomic E-state index is 12.1. The average molecular weight is 221 g/mol. The highest BCUT2D eigenvalue weighted by atomic mass is 32.2. The van der Waals surface area contributed by atoms with Crippen molar-refractivity contribution in [2.45, 2.75) is 26.5 Å². The van der Waals surface area contributed by atoms with Crippen molar-refractivity contribution in [2.24, 2.45) is 5.41 Å². The van der Waals surface area contributed by atoms with E-state index < -0.39 is 0 Å². The number of benzene rings is 1. The van der Waals surface area contributed by atoms with Crippen molar-refractivity contribution in [3.05, 3.63) is 35.4 Å². The minimum Gasteiger partial charge on any atom is -0.232 e. The van der Waals surface area contributed by atoms with E-state index in [9.17, 15) is 4.79 Å². The molecule has 1 aromatic rings. The third-order valence-corrected chi connectivity index (χ3v) is 5.05. The van der Waals surface area contributed by atoms with Crippen LogP contribution in [-0.4, -0.2) is 10.9 Å². The van der Waals surface area contributed by atoms with Crippen LogP contribution in [0.15, 0.2) is 24.3 Å². The van der Waals surface area contributed by atoms with Crippen molar-refractivity contribution in [3.63, 3.8) is 0 Å². The molecule has 80 valence electrons. The van der Waals surface area contributed by atoms with E-state index in [-0.39, 0.29) is 16.3 Å². The number of hydrogen-bond donors (Lipinski definition) is 0. The van der Waals surface area contributed by atoms with Crippen LogP contribution in [0.25, 0.3) is 0 Å². The number of rotatable bonds is 1. The fourth-order valence-electron chi connectivity index (χ4n) is 1.89. The lowest BCUT2D eigenvalue weighted by Gasteiger charge is -2.14. The second-order valence-electron chi connectivity index (χ2n) is 5.29. The lowest BCUT2D eigenvalue weighted by atomic mass is 10.0. The molecule has 0 radical (unpaired) electrons. The summed E-state index contributed by atoms with van der Waals surface area (Å²) in [6, 6.07) is 8.03. The first-order valence-corrected chi connectivity index (χ1v) is 6.83. The summed E-state index contributed by atoms with van der Waals surface area (Å²) in [4.78, 5) is 12.1. The Morgan fingerprint density at radius 2 is 1.93 bits per heavy atom. The molecule has 1 aliphatic rings. The lowest BCUT2D eigenvalue weighted by Crippen LogP contribution is -2.24. The zero-order valence-electron chi connectivity index (χ0n) is 9.54. The van der Waals surface area contributed by atoms with Crippen LogP contribution in [-0.2, 0) is 16.6 Å². The number of carbonyl (C=O) groups excluding carboxylic acids is 1. The summed E-state index contributed by atoms with van der Waals surface area (Å²) in [5, 5.41) is 0.375. The molecule has 1 nitrogen and oxygen atoms in total. The van der Waals surface area contributed by atoms with Gasteiger partial charge >= 0.3 is 5.12 Å². The summed E-state index contributed by atoms with van der Waals surface area (Å²) in [6.45, 7) is 6.61.